The Morgan fingerprint density at radius 1 is 1.46 bits per heavy atom. The van der Waals surface area contributed by atoms with E-state index in [2.05, 4.69) is 22.6 Å². The van der Waals surface area contributed by atoms with Crippen LogP contribution in [0.5, 0.6) is 5.75 Å². The van der Waals surface area contributed by atoms with Crippen molar-refractivity contribution in [2.75, 3.05) is 7.11 Å². The van der Waals surface area contributed by atoms with Gasteiger partial charge in [-0.1, -0.05) is 0 Å². The Labute approximate surface area is 91.4 Å². The highest BCUT2D eigenvalue weighted by Crippen LogP contribution is 2.26. The summed E-state index contributed by atoms with van der Waals surface area (Å²) in [6.07, 6.45) is 0. The number of ketones is 1. The van der Waals surface area contributed by atoms with Crippen molar-refractivity contribution in [2.45, 2.75) is 13.8 Å². The zero-order chi connectivity index (χ0) is 10.0. The molecule has 1 rings (SSSR count). The lowest BCUT2D eigenvalue weighted by atomic mass is 10.1. The second kappa shape index (κ2) is 4.09. The molecule has 70 valence electrons. The van der Waals surface area contributed by atoms with E-state index in [4.69, 9.17) is 4.74 Å². The standard InChI is InChI=1S/C10H11IO2/c1-6-4-8(11)5-9(7(2)12)10(6)13-3/h4-5H,1-3H3. The van der Waals surface area contributed by atoms with E-state index in [0.717, 1.165) is 9.13 Å². The molecule has 0 spiro atoms. The van der Waals surface area contributed by atoms with Gasteiger partial charge < -0.3 is 4.74 Å². The maximum absolute atomic E-state index is 11.2. The zero-order valence-electron chi connectivity index (χ0n) is 7.85. The number of aryl methyl sites for hydroxylation is 1. The Morgan fingerprint density at radius 2 is 2.08 bits per heavy atom. The van der Waals surface area contributed by atoms with Crippen molar-refractivity contribution in [1.29, 1.82) is 0 Å². The smallest absolute Gasteiger partial charge is 0.163 e. The highest BCUT2D eigenvalue weighted by Gasteiger charge is 2.11. The average Bonchev–Trinajstić information content (AvgIpc) is 2.02. The van der Waals surface area contributed by atoms with Crippen molar-refractivity contribution >= 4 is 28.4 Å². The highest BCUT2D eigenvalue weighted by molar-refractivity contribution is 14.1. The summed E-state index contributed by atoms with van der Waals surface area (Å²) in [4.78, 5) is 11.2. The molecule has 0 fully saturated rings. The van der Waals surface area contributed by atoms with Gasteiger partial charge in [0.1, 0.15) is 5.75 Å². The van der Waals surface area contributed by atoms with Gasteiger partial charge in [-0.3, -0.25) is 4.79 Å². The maximum atomic E-state index is 11.2. The van der Waals surface area contributed by atoms with Crippen LogP contribution in [0.25, 0.3) is 0 Å². The Kier molecular flexibility index (Phi) is 3.30. The van der Waals surface area contributed by atoms with Crippen LogP contribution >= 0.6 is 22.6 Å². The Morgan fingerprint density at radius 3 is 2.54 bits per heavy atom. The van der Waals surface area contributed by atoms with Gasteiger partial charge in [0.25, 0.3) is 0 Å². The predicted molar refractivity (Wildman–Crippen MR) is 60.5 cm³/mol. The molecule has 0 N–H and O–H groups in total. The number of methoxy groups -OCH3 is 1. The third kappa shape index (κ3) is 2.21. The molecule has 0 amide bonds. The molecule has 0 aromatic heterocycles. The van der Waals surface area contributed by atoms with Crippen molar-refractivity contribution in [3.8, 4) is 5.75 Å². The van der Waals surface area contributed by atoms with Crippen LogP contribution < -0.4 is 4.74 Å². The van der Waals surface area contributed by atoms with Crippen molar-refractivity contribution in [3.05, 3.63) is 26.8 Å². The molecule has 0 aliphatic rings. The van der Waals surface area contributed by atoms with Crippen LogP contribution in [0.15, 0.2) is 12.1 Å². The second-order valence-electron chi connectivity index (χ2n) is 2.86. The number of Topliss-reactive ketones (excluding diaryl/α,β-unsaturated/α-hetero) is 1. The molecule has 0 atom stereocenters. The first-order valence-corrected chi connectivity index (χ1v) is 4.99. The fourth-order valence-electron chi connectivity index (χ4n) is 1.26. The molecule has 1 aromatic rings. The van der Waals surface area contributed by atoms with E-state index in [0.29, 0.717) is 11.3 Å². The third-order valence-electron chi connectivity index (χ3n) is 1.82. The average molecular weight is 290 g/mol. The minimum absolute atomic E-state index is 0.0402. The number of hydrogen-bond donors (Lipinski definition) is 0. The van der Waals surface area contributed by atoms with Crippen LogP contribution in [0.1, 0.15) is 22.8 Å². The SMILES string of the molecule is COc1c(C)cc(I)cc1C(C)=O. The Balaban J connectivity index is 3.38. The van der Waals surface area contributed by atoms with Gasteiger partial charge in [0.05, 0.1) is 12.7 Å². The number of carbonyl (C=O) groups is 1. The summed E-state index contributed by atoms with van der Waals surface area (Å²) >= 11 is 2.19. The molecule has 1 aromatic carbocycles. The molecule has 0 saturated heterocycles. The summed E-state index contributed by atoms with van der Waals surface area (Å²) in [5.41, 5.74) is 1.66. The summed E-state index contributed by atoms with van der Waals surface area (Å²) in [7, 11) is 1.58. The van der Waals surface area contributed by atoms with Gasteiger partial charge in [-0.25, -0.2) is 0 Å². The second-order valence-corrected chi connectivity index (χ2v) is 4.11. The summed E-state index contributed by atoms with van der Waals surface area (Å²) < 4.78 is 6.22. The molecule has 0 heterocycles. The first kappa shape index (κ1) is 10.5. The van der Waals surface area contributed by atoms with Crippen LogP contribution in [0.2, 0.25) is 0 Å². The maximum Gasteiger partial charge on any atom is 0.163 e. The molecule has 3 heteroatoms. The van der Waals surface area contributed by atoms with Gasteiger partial charge in [-0.2, -0.15) is 0 Å². The molecule has 13 heavy (non-hydrogen) atoms. The van der Waals surface area contributed by atoms with Crippen LogP contribution in [0.3, 0.4) is 0 Å². The predicted octanol–water partition coefficient (Wildman–Crippen LogP) is 2.81. The first-order valence-electron chi connectivity index (χ1n) is 3.91. The fourth-order valence-corrected chi connectivity index (χ4v) is 2.04. The van der Waals surface area contributed by atoms with E-state index in [9.17, 15) is 4.79 Å². The third-order valence-corrected chi connectivity index (χ3v) is 2.45. The first-order chi connectivity index (χ1) is 6.06. The summed E-state index contributed by atoms with van der Waals surface area (Å²) in [6.45, 7) is 3.49. The topological polar surface area (TPSA) is 26.3 Å². The molecule has 0 aliphatic heterocycles. The number of hydrogen-bond acceptors (Lipinski definition) is 2. The minimum atomic E-state index is 0.0402. The van der Waals surface area contributed by atoms with Gasteiger partial charge in [-0.05, 0) is 54.1 Å². The minimum Gasteiger partial charge on any atom is -0.496 e. The Bertz CT molecular complexity index is 345. The summed E-state index contributed by atoms with van der Waals surface area (Å²) in [5, 5.41) is 0. The summed E-state index contributed by atoms with van der Waals surface area (Å²) in [5.74, 6) is 0.728. The lowest BCUT2D eigenvalue weighted by molar-refractivity contribution is 0.101. The van der Waals surface area contributed by atoms with E-state index in [1.807, 2.05) is 19.1 Å². The number of rotatable bonds is 2. The van der Waals surface area contributed by atoms with Crippen molar-refractivity contribution in [3.63, 3.8) is 0 Å². The molecular formula is C10H11IO2. The van der Waals surface area contributed by atoms with Crippen LogP contribution in [0.4, 0.5) is 0 Å². The molecule has 0 unspecified atom stereocenters. The van der Waals surface area contributed by atoms with E-state index in [-0.39, 0.29) is 5.78 Å². The van der Waals surface area contributed by atoms with Crippen molar-refractivity contribution < 1.29 is 9.53 Å². The van der Waals surface area contributed by atoms with Crippen LogP contribution in [-0.2, 0) is 0 Å². The molecule has 0 bridgehead atoms. The van der Waals surface area contributed by atoms with Gasteiger partial charge in [-0.15, -0.1) is 0 Å². The lowest BCUT2D eigenvalue weighted by Gasteiger charge is -2.09. The number of halogens is 1. The number of benzene rings is 1. The van der Waals surface area contributed by atoms with E-state index in [1.165, 1.54) is 0 Å². The lowest BCUT2D eigenvalue weighted by Crippen LogP contribution is -2.00. The molecule has 0 radical (unpaired) electrons. The van der Waals surface area contributed by atoms with Crippen molar-refractivity contribution in [1.82, 2.24) is 0 Å². The number of carbonyl (C=O) groups excluding carboxylic acids is 1. The van der Waals surface area contributed by atoms with E-state index in [1.54, 1.807) is 14.0 Å². The quantitative estimate of drug-likeness (QED) is 0.618. The van der Waals surface area contributed by atoms with Gasteiger partial charge in [0.2, 0.25) is 0 Å². The highest BCUT2D eigenvalue weighted by atomic mass is 127. The number of ether oxygens (including phenoxy) is 1. The molecular weight excluding hydrogens is 279 g/mol. The molecule has 0 aliphatic carbocycles. The monoisotopic (exact) mass is 290 g/mol. The van der Waals surface area contributed by atoms with E-state index >= 15 is 0 Å². The van der Waals surface area contributed by atoms with Crippen LogP contribution in [0, 0.1) is 10.5 Å². The normalized spacial score (nSPS) is 9.85. The van der Waals surface area contributed by atoms with Crippen molar-refractivity contribution in [2.24, 2.45) is 0 Å². The largest absolute Gasteiger partial charge is 0.496 e. The fraction of sp³-hybridized carbons (Fsp3) is 0.300. The Hall–Kier alpha value is -0.580. The van der Waals surface area contributed by atoms with E-state index < -0.39 is 0 Å². The molecule has 0 saturated carbocycles. The van der Waals surface area contributed by atoms with Crippen LogP contribution in [-0.4, -0.2) is 12.9 Å². The zero-order valence-corrected chi connectivity index (χ0v) is 10.0. The molecule has 2 nitrogen and oxygen atoms in total. The summed E-state index contributed by atoms with van der Waals surface area (Å²) in [6, 6.07) is 3.83. The van der Waals surface area contributed by atoms with Gasteiger partial charge in [0, 0.05) is 3.57 Å². The van der Waals surface area contributed by atoms with Gasteiger partial charge >= 0.3 is 0 Å². The van der Waals surface area contributed by atoms with Gasteiger partial charge in [0.15, 0.2) is 5.78 Å².